The zero-order valence-corrected chi connectivity index (χ0v) is 13.8. The molecular weight excluding hydrogens is 262 g/mol. The van der Waals surface area contributed by atoms with E-state index in [1.165, 1.54) is 5.56 Å². The number of likely N-dealkylation sites (N-methyl/N-ethyl adjacent to an activating group) is 1. The molecule has 1 aromatic rings. The molecule has 21 heavy (non-hydrogen) atoms. The molecule has 0 radical (unpaired) electrons. The van der Waals surface area contributed by atoms with Crippen molar-refractivity contribution in [2.24, 2.45) is 0 Å². The molecule has 1 saturated heterocycles. The van der Waals surface area contributed by atoms with Gasteiger partial charge in [-0.15, -0.1) is 0 Å². The summed E-state index contributed by atoms with van der Waals surface area (Å²) in [5, 5.41) is 3.31. The predicted octanol–water partition coefficient (Wildman–Crippen LogP) is 1.98. The van der Waals surface area contributed by atoms with Gasteiger partial charge in [-0.25, -0.2) is 0 Å². The molecule has 1 amide bonds. The summed E-state index contributed by atoms with van der Waals surface area (Å²) < 4.78 is 0. The number of rotatable bonds is 4. The van der Waals surface area contributed by atoms with Gasteiger partial charge in [0.15, 0.2) is 0 Å². The summed E-state index contributed by atoms with van der Waals surface area (Å²) in [5.41, 5.74) is 2.63. The van der Waals surface area contributed by atoms with Gasteiger partial charge in [0.25, 0.3) is 0 Å². The molecule has 0 bridgehead atoms. The minimum atomic E-state index is 0.00599. The van der Waals surface area contributed by atoms with Gasteiger partial charge in [0, 0.05) is 13.1 Å². The lowest BCUT2D eigenvalue weighted by Gasteiger charge is -2.27. The molecule has 1 atom stereocenters. The highest BCUT2D eigenvalue weighted by Crippen LogP contribution is 2.26. The zero-order chi connectivity index (χ0) is 15.6. The Morgan fingerprint density at radius 1 is 1.24 bits per heavy atom. The van der Waals surface area contributed by atoms with Crippen molar-refractivity contribution >= 4 is 5.91 Å². The van der Waals surface area contributed by atoms with E-state index >= 15 is 0 Å². The van der Waals surface area contributed by atoms with Crippen LogP contribution in [-0.4, -0.2) is 49.4 Å². The maximum atomic E-state index is 12.0. The molecule has 4 nitrogen and oxygen atoms in total. The van der Waals surface area contributed by atoms with E-state index in [4.69, 9.17) is 0 Å². The third-order valence-electron chi connectivity index (χ3n) is 3.96. The van der Waals surface area contributed by atoms with Crippen molar-refractivity contribution < 1.29 is 4.79 Å². The molecule has 0 spiro atoms. The van der Waals surface area contributed by atoms with E-state index in [0.29, 0.717) is 6.54 Å². The van der Waals surface area contributed by atoms with Crippen molar-refractivity contribution in [3.8, 4) is 0 Å². The third kappa shape index (κ3) is 3.83. The lowest BCUT2D eigenvalue weighted by Crippen LogP contribution is -2.36. The number of carbonyl (C=O) groups excluding carboxylic acids is 1. The van der Waals surface area contributed by atoms with Gasteiger partial charge in [-0.3, -0.25) is 10.1 Å². The predicted molar refractivity (Wildman–Crippen MR) is 86.2 cm³/mol. The Labute approximate surface area is 128 Å². The van der Waals surface area contributed by atoms with Gasteiger partial charge in [-0.1, -0.05) is 45.0 Å². The summed E-state index contributed by atoms with van der Waals surface area (Å²) in [4.78, 5) is 16.1. The van der Waals surface area contributed by atoms with Crippen molar-refractivity contribution in [2.45, 2.75) is 32.4 Å². The number of benzene rings is 1. The smallest absolute Gasteiger partial charge is 0.238 e. The highest BCUT2D eigenvalue weighted by molar-refractivity contribution is 5.81. The molecular formula is C17H27N3O. The van der Waals surface area contributed by atoms with Crippen molar-refractivity contribution in [1.29, 1.82) is 0 Å². The first-order valence-corrected chi connectivity index (χ1v) is 7.57. The van der Waals surface area contributed by atoms with Gasteiger partial charge in [0.1, 0.15) is 6.17 Å². The molecule has 0 aliphatic carbocycles. The quantitative estimate of drug-likeness (QED) is 0.920. The molecule has 116 valence electrons. The number of nitrogens with one attached hydrogen (secondary N) is 1. The van der Waals surface area contributed by atoms with E-state index in [1.807, 2.05) is 19.0 Å². The van der Waals surface area contributed by atoms with Crippen LogP contribution < -0.4 is 5.32 Å². The number of hydrogen-bond acceptors (Lipinski definition) is 3. The Morgan fingerprint density at radius 3 is 2.38 bits per heavy atom. The first kappa shape index (κ1) is 16.0. The average Bonchev–Trinajstić information content (AvgIpc) is 2.77. The maximum Gasteiger partial charge on any atom is 0.238 e. The van der Waals surface area contributed by atoms with Crippen LogP contribution in [0, 0.1) is 0 Å². The standard InChI is InChI=1S/C17H27N3O/c1-17(2,3)14-8-6-13(7-9-14)16-18-12-15(21)20(16)11-10-19(4)5/h6-9,16,18H,10-12H2,1-5H3. The summed E-state index contributed by atoms with van der Waals surface area (Å²) in [6.45, 7) is 8.70. The summed E-state index contributed by atoms with van der Waals surface area (Å²) in [7, 11) is 4.06. The van der Waals surface area contributed by atoms with Crippen molar-refractivity contribution in [2.75, 3.05) is 33.7 Å². The summed E-state index contributed by atoms with van der Waals surface area (Å²) in [5.74, 6) is 0.182. The molecule has 1 unspecified atom stereocenters. The zero-order valence-electron chi connectivity index (χ0n) is 13.8. The van der Waals surface area contributed by atoms with Crippen LogP contribution in [-0.2, 0) is 10.2 Å². The largest absolute Gasteiger partial charge is 0.321 e. The minimum absolute atomic E-state index is 0.00599. The van der Waals surface area contributed by atoms with E-state index in [9.17, 15) is 4.79 Å². The first-order valence-electron chi connectivity index (χ1n) is 7.57. The molecule has 1 aliphatic heterocycles. The van der Waals surface area contributed by atoms with Crippen LogP contribution in [0.5, 0.6) is 0 Å². The normalized spacial score (nSPS) is 19.6. The summed E-state index contributed by atoms with van der Waals surface area (Å²) in [6.07, 6.45) is 0.00599. The summed E-state index contributed by atoms with van der Waals surface area (Å²) in [6, 6.07) is 8.62. The van der Waals surface area contributed by atoms with Crippen LogP contribution in [0.25, 0.3) is 0 Å². The topological polar surface area (TPSA) is 35.6 Å². The van der Waals surface area contributed by atoms with Gasteiger partial charge in [0.05, 0.1) is 6.54 Å². The van der Waals surface area contributed by atoms with E-state index in [-0.39, 0.29) is 17.5 Å². The summed E-state index contributed by atoms with van der Waals surface area (Å²) >= 11 is 0. The highest BCUT2D eigenvalue weighted by atomic mass is 16.2. The van der Waals surface area contributed by atoms with Crippen LogP contribution in [0.15, 0.2) is 24.3 Å². The molecule has 0 aromatic heterocycles. The molecule has 1 aromatic carbocycles. The molecule has 4 heteroatoms. The minimum Gasteiger partial charge on any atom is -0.321 e. The van der Waals surface area contributed by atoms with Gasteiger partial charge >= 0.3 is 0 Å². The van der Waals surface area contributed by atoms with Crippen LogP contribution in [0.1, 0.15) is 38.1 Å². The van der Waals surface area contributed by atoms with E-state index in [1.54, 1.807) is 0 Å². The number of hydrogen-bond donors (Lipinski definition) is 1. The van der Waals surface area contributed by atoms with Gasteiger partial charge in [-0.2, -0.15) is 0 Å². The van der Waals surface area contributed by atoms with Crippen LogP contribution in [0.2, 0.25) is 0 Å². The van der Waals surface area contributed by atoms with E-state index in [2.05, 4.69) is 55.3 Å². The monoisotopic (exact) mass is 289 g/mol. The van der Waals surface area contributed by atoms with Crippen molar-refractivity contribution in [3.05, 3.63) is 35.4 Å². The number of amides is 1. The van der Waals surface area contributed by atoms with Crippen LogP contribution in [0.3, 0.4) is 0 Å². The Hall–Kier alpha value is -1.39. The lowest BCUT2D eigenvalue weighted by atomic mass is 9.86. The second-order valence-electron chi connectivity index (χ2n) is 7.05. The number of carbonyl (C=O) groups is 1. The highest BCUT2D eigenvalue weighted by Gasteiger charge is 2.31. The molecule has 1 N–H and O–H groups in total. The fourth-order valence-electron chi connectivity index (χ4n) is 2.56. The average molecular weight is 289 g/mol. The third-order valence-corrected chi connectivity index (χ3v) is 3.96. The van der Waals surface area contributed by atoms with Crippen LogP contribution in [0.4, 0.5) is 0 Å². The molecule has 0 saturated carbocycles. The lowest BCUT2D eigenvalue weighted by molar-refractivity contribution is -0.128. The number of nitrogens with zero attached hydrogens (tertiary/aromatic N) is 2. The Bertz CT molecular complexity index is 488. The van der Waals surface area contributed by atoms with Crippen molar-refractivity contribution in [3.63, 3.8) is 0 Å². The molecule has 1 aliphatic rings. The maximum absolute atomic E-state index is 12.0. The van der Waals surface area contributed by atoms with Crippen LogP contribution >= 0.6 is 0 Å². The Morgan fingerprint density at radius 2 is 1.86 bits per heavy atom. The van der Waals surface area contributed by atoms with Gasteiger partial charge in [0.2, 0.25) is 5.91 Å². The second kappa shape index (κ2) is 6.16. The van der Waals surface area contributed by atoms with E-state index in [0.717, 1.165) is 18.7 Å². The Balaban J connectivity index is 2.14. The molecule has 2 rings (SSSR count). The fourth-order valence-corrected chi connectivity index (χ4v) is 2.56. The first-order chi connectivity index (χ1) is 9.79. The van der Waals surface area contributed by atoms with E-state index < -0.39 is 0 Å². The van der Waals surface area contributed by atoms with Gasteiger partial charge in [-0.05, 0) is 30.6 Å². The second-order valence-corrected chi connectivity index (χ2v) is 7.05. The SMILES string of the molecule is CN(C)CCN1C(=O)CNC1c1ccc(C(C)(C)C)cc1. The molecule has 1 fully saturated rings. The fraction of sp³-hybridized carbons (Fsp3) is 0.588. The van der Waals surface area contributed by atoms with Crippen molar-refractivity contribution in [1.82, 2.24) is 15.1 Å². The van der Waals surface area contributed by atoms with Gasteiger partial charge < -0.3 is 9.80 Å². The molecule has 1 heterocycles. The Kier molecular flexibility index (Phi) is 4.69.